The van der Waals surface area contributed by atoms with E-state index in [1.54, 1.807) is 0 Å². The molecule has 1 fully saturated rings. The zero-order valence-corrected chi connectivity index (χ0v) is 11.7. The lowest BCUT2D eigenvalue weighted by Gasteiger charge is -2.11. The van der Waals surface area contributed by atoms with Gasteiger partial charge in [-0.15, -0.1) is 11.3 Å². The fraction of sp³-hybridized carbons (Fsp3) is 0.267. The lowest BCUT2D eigenvalue weighted by atomic mass is 9.97. The zero-order valence-electron chi connectivity index (χ0n) is 10.9. The standard InChI is InChI=1S/C15H13NO3S/c1-9(17)12-11(13(18)19)16-14(20-12)15(7-8-15)10-5-3-2-4-6-10/h2-6H,7-8H2,1H3,(H,18,19). The van der Waals surface area contributed by atoms with Crippen molar-refractivity contribution < 1.29 is 14.7 Å². The number of aromatic nitrogens is 1. The van der Waals surface area contributed by atoms with E-state index >= 15 is 0 Å². The topological polar surface area (TPSA) is 67.3 Å². The fourth-order valence-electron chi connectivity index (χ4n) is 2.42. The summed E-state index contributed by atoms with van der Waals surface area (Å²) in [5, 5.41) is 9.92. The van der Waals surface area contributed by atoms with Gasteiger partial charge in [0.15, 0.2) is 11.5 Å². The number of hydrogen-bond acceptors (Lipinski definition) is 4. The van der Waals surface area contributed by atoms with Gasteiger partial charge >= 0.3 is 5.97 Å². The van der Waals surface area contributed by atoms with Gasteiger partial charge in [-0.05, 0) is 18.4 Å². The first-order valence-corrected chi connectivity index (χ1v) is 7.17. The average Bonchev–Trinajstić information content (AvgIpc) is 3.11. The second-order valence-corrected chi connectivity index (χ2v) is 6.01. The van der Waals surface area contributed by atoms with Crippen molar-refractivity contribution in [3.05, 3.63) is 51.5 Å². The predicted molar refractivity (Wildman–Crippen MR) is 75.5 cm³/mol. The van der Waals surface area contributed by atoms with Gasteiger partial charge in [0.2, 0.25) is 0 Å². The first-order valence-electron chi connectivity index (χ1n) is 6.36. The second kappa shape index (κ2) is 4.52. The van der Waals surface area contributed by atoms with E-state index < -0.39 is 5.97 Å². The van der Waals surface area contributed by atoms with Crippen LogP contribution in [0.15, 0.2) is 30.3 Å². The number of thiazole rings is 1. The molecule has 1 heterocycles. The van der Waals surface area contributed by atoms with Crippen LogP contribution in [0.4, 0.5) is 0 Å². The number of carboxylic acids is 1. The molecule has 1 saturated carbocycles. The van der Waals surface area contributed by atoms with E-state index in [9.17, 15) is 14.7 Å². The molecule has 0 atom stereocenters. The molecular weight excluding hydrogens is 274 g/mol. The van der Waals surface area contributed by atoms with E-state index in [0.717, 1.165) is 23.4 Å². The van der Waals surface area contributed by atoms with Crippen LogP contribution in [-0.4, -0.2) is 21.8 Å². The van der Waals surface area contributed by atoms with Crippen molar-refractivity contribution in [1.29, 1.82) is 0 Å². The maximum absolute atomic E-state index is 11.6. The lowest BCUT2D eigenvalue weighted by molar-refractivity contribution is 0.0686. The molecule has 0 amide bonds. The second-order valence-electron chi connectivity index (χ2n) is 5.01. The normalized spacial score (nSPS) is 15.8. The number of hydrogen-bond donors (Lipinski definition) is 1. The molecule has 5 heteroatoms. The number of benzene rings is 1. The Labute approximate surface area is 120 Å². The highest BCUT2D eigenvalue weighted by molar-refractivity contribution is 7.14. The number of carbonyl (C=O) groups excluding carboxylic acids is 1. The van der Waals surface area contributed by atoms with E-state index in [0.29, 0.717) is 0 Å². The summed E-state index contributed by atoms with van der Waals surface area (Å²) in [7, 11) is 0. The number of aromatic carboxylic acids is 1. The number of rotatable bonds is 4. The van der Waals surface area contributed by atoms with Crippen LogP contribution < -0.4 is 0 Å². The van der Waals surface area contributed by atoms with Gasteiger partial charge in [0.05, 0.1) is 0 Å². The summed E-state index contributed by atoms with van der Waals surface area (Å²) in [6, 6.07) is 9.94. The molecule has 20 heavy (non-hydrogen) atoms. The van der Waals surface area contributed by atoms with Gasteiger partial charge in [0.1, 0.15) is 9.88 Å². The molecule has 0 saturated heterocycles. The molecule has 0 bridgehead atoms. The smallest absolute Gasteiger partial charge is 0.356 e. The Morgan fingerprint density at radius 1 is 1.25 bits per heavy atom. The molecule has 1 aliphatic carbocycles. The van der Waals surface area contributed by atoms with Gasteiger partial charge in [-0.25, -0.2) is 9.78 Å². The maximum Gasteiger partial charge on any atom is 0.356 e. The third-order valence-corrected chi connectivity index (χ3v) is 5.00. The van der Waals surface area contributed by atoms with Gasteiger partial charge in [-0.3, -0.25) is 4.79 Å². The summed E-state index contributed by atoms with van der Waals surface area (Å²) in [6.45, 7) is 1.38. The molecular formula is C15H13NO3S. The molecule has 2 aromatic rings. The van der Waals surface area contributed by atoms with Gasteiger partial charge in [0.25, 0.3) is 0 Å². The largest absolute Gasteiger partial charge is 0.476 e. The summed E-state index contributed by atoms with van der Waals surface area (Å²) in [6.07, 6.45) is 1.89. The van der Waals surface area contributed by atoms with Crippen molar-refractivity contribution in [2.45, 2.75) is 25.2 Å². The minimum absolute atomic E-state index is 0.111. The van der Waals surface area contributed by atoms with E-state index in [1.807, 2.05) is 30.3 Å². The highest BCUT2D eigenvalue weighted by atomic mass is 32.1. The van der Waals surface area contributed by atoms with Crippen LogP contribution in [0.2, 0.25) is 0 Å². The molecule has 102 valence electrons. The van der Waals surface area contributed by atoms with Gasteiger partial charge in [0, 0.05) is 12.3 Å². The van der Waals surface area contributed by atoms with Gasteiger partial charge in [-0.2, -0.15) is 0 Å². The quantitative estimate of drug-likeness (QED) is 0.877. The summed E-state index contributed by atoms with van der Waals surface area (Å²) < 4.78 is 0. The van der Waals surface area contributed by atoms with Crippen LogP contribution in [0.5, 0.6) is 0 Å². The van der Waals surface area contributed by atoms with E-state index in [-0.39, 0.29) is 21.8 Å². The number of Topliss-reactive ketones (excluding diaryl/α,β-unsaturated/α-hetero) is 1. The van der Waals surface area contributed by atoms with Gasteiger partial charge < -0.3 is 5.11 Å². The average molecular weight is 287 g/mol. The van der Waals surface area contributed by atoms with E-state index in [4.69, 9.17) is 0 Å². The van der Waals surface area contributed by atoms with Crippen molar-refractivity contribution in [1.82, 2.24) is 4.98 Å². The predicted octanol–water partition coefficient (Wildman–Crippen LogP) is 3.12. The van der Waals surface area contributed by atoms with Crippen LogP contribution in [0, 0.1) is 0 Å². The summed E-state index contributed by atoms with van der Waals surface area (Å²) in [4.78, 5) is 27.3. The van der Waals surface area contributed by atoms with Crippen molar-refractivity contribution in [3.63, 3.8) is 0 Å². The lowest BCUT2D eigenvalue weighted by Crippen LogP contribution is -2.09. The summed E-state index contributed by atoms with van der Waals surface area (Å²) in [5.74, 6) is -1.38. The monoisotopic (exact) mass is 287 g/mol. The first kappa shape index (κ1) is 13.0. The Hall–Kier alpha value is -2.01. The molecule has 1 aromatic carbocycles. The van der Waals surface area contributed by atoms with Crippen molar-refractivity contribution >= 4 is 23.1 Å². The fourth-order valence-corrected chi connectivity index (χ4v) is 3.64. The number of carbonyl (C=O) groups is 2. The molecule has 1 aromatic heterocycles. The number of nitrogens with zero attached hydrogens (tertiary/aromatic N) is 1. The highest BCUT2D eigenvalue weighted by Gasteiger charge is 2.49. The van der Waals surface area contributed by atoms with E-state index in [2.05, 4.69) is 4.98 Å². The summed E-state index contributed by atoms with van der Waals surface area (Å²) >= 11 is 1.22. The molecule has 0 aliphatic heterocycles. The zero-order chi connectivity index (χ0) is 14.3. The highest BCUT2D eigenvalue weighted by Crippen LogP contribution is 2.54. The van der Waals surface area contributed by atoms with Crippen molar-refractivity contribution in [3.8, 4) is 0 Å². The van der Waals surface area contributed by atoms with Crippen LogP contribution in [0.3, 0.4) is 0 Å². The van der Waals surface area contributed by atoms with E-state index in [1.165, 1.54) is 18.3 Å². The van der Waals surface area contributed by atoms with Crippen LogP contribution in [0.1, 0.15) is 50.5 Å². The molecule has 1 N–H and O–H groups in total. The molecule has 0 spiro atoms. The minimum atomic E-state index is -1.14. The van der Waals surface area contributed by atoms with Crippen molar-refractivity contribution in [2.75, 3.05) is 0 Å². The molecule has 1 aliphatic rings. The third kappa shape index (κ3) is 1.94. The first-order chi connectivity index (χ1) is 9.54. The third-order valence-electron chi connectivity index (χ3n) is 3.64. The Morgan fingerprint density at radius 3 is 2.35 bits per heavy atom. The SMILES string of the molecule is CC(=O)c1sc(C2(c3ccccc3)CC2)nc1C(=O)O. The van der Waals surface area contributed by atoms with Crippen LogP contribution in [-0.2, 0) is 5.41 Å². The van der Waals surface area contributed by atoms with Gasteiger partial charge in [-0.1, -0.05) is 30.3 Å². The molecule has 4 nitrogen and oxygen atoms in total. The van der Waals surface area contributed by atoms with Crippen LogP contribution in [0.25, 0.3) is 0 Å². The van der Waals surface area contributed by atoms with Crippen LogP contribution >= 0.6 is 11.3 Å². The molecule has 3 rings (SSSR count). The van der Waals surface area contributed by atoms with Crippen molar-refractivity contribution in [2.24, 2.45) is 0 Å². The Balaban J connectivity index is 2.10. The summed E-state index contributed by atoms with van der Waals surface area (Å²) in [5.41, 5.74) is 0.838. The molecule has 0 unspecified atom stereocenters. The molecule has 0 radical (unpaired) electrons. The number of ketones is 1. The Bertz CT molecular complexity index is 655. The maximum atomic E-state index is 11.6. The Morgan fingerprint density at radius 2 is 1.90 bits per heavy atom. The number of carboxylic acid groups (broad SMARTS) is 1. The Kier molecular flexibility index (Phi) is 2.94. The minimum Gasteiger partial charge on any atom is -0.476 e.